The molecule has 118 valence electrons. The minimum absolute atomic E-state index is 0.0123. The monoisotopic (exact) mass is 385 g/mol. The Hall–Kier alpha value is -1.29. The SMILES string of the molecule is N#CCCN1CCN(C(=O)COc2ccc(Cl)cc2Br)CC1. The van der Waals surface area contributed by atoms with Crippen LogP contribution < -0.4 is 4.74 Å². The molecule has 1 saturated heterocycles. The zero-order valence-corrected chi connectivity index (χ0v) is 14.4. The van der Waals surface area contributed by atoms with Crippen molar-refractivity contribution in [3.63, 3.8) is 0 Å². The number of nitriles is 1. The maximum absolute atomic E-state index is 12.2. The maximum Gasteiger partial charge on any atom is 0.260 e. The summed E-state index contributed by atoms with van der Waals surface area (Å²) in [4.78, 5) is 16.2. The van der Waals surface area contributed by atoms with Gasteiger partial charge in [-0.1, -0.05) is 11.6 Å². The van der Waals surface area contributed by atoms with Gasteiger partial charge in [0, 0.05) is 44.2 Å². The second kappa shape index (κ2) is 8.37. The highest BCUT2D eigenvalue weighted by molar-refractivity contribution is 9.10. The zero-order valence-electron chi connectivity index (χ0n) is 12.1. The Morgan fingerprint density at radius 3 is 2.73 bits per heavy atom. The first-order valence-corrected chi connectivity index (χ1v) is 8.22. The summed E-state index contributed by atoms with van der Waals surface area (Å²) in [6.07, 6.45) is 0.529. The van der Waals surface area contributed by atoms with Gasteiger partial charge in [0.2, 0.25) is 0 Å². The van der Waals surface area contributed by atoms with Crippen LogP contribution in [0.25, 0.3) is 0 Å². The Bertz CT molecular complexity index is 568. The van der Waals surface area contributed by atoms with Gasteiger partial charge in [0.05, 0.1) is 10.5 Å². The number of hydrogen-bond acceptors (Lipinski definition) is 4. The van der Waals surface area contributed by atoms with E-state index in [4.69, 9.17) is 21.6 Å². The summed E-state index contributed by atoms with van der Waals surface area (Å²) in [6, 6.07) is 7.33. The number of nitrogens with zero attached hydrogens (tertiary/aromatic N) is 3. The van der Waals surface area contributed by atoms with E-state index in [1.54, 1.807) is 23.1 Å². The number of piperazine rings is 1. The largest absolute Gasteiger partial charge is 0.483 e. The first kappa shape index (κ1) is 17.1. The van der Waals surface area contributed by atoms with Gasteiger partial charge in [0.25, 0.3) is 5.91 Å². The summed E-state index contributed by atoms with van der Waals surface area (Å²) < 4.78 is 6.28. The molecular formula is C15H17BrClN3O2. The van der Waals surface area contributed by atoms with Gasteiger partial charge >= 0.3 is 0 Å². The molecule has 0 radical (unpaired) electrons. The number of halogens is 2. The first-order chi connectivity index (χ1) is 10.6. The molecule has 0 aromatic heterocycles. The smallest absolute Gasteiger partial charge is 0.260 e. The molecule has 0 atom stereocenters. The van der Waals surface area contributed by atoms with E-state index < -0.39 is 0 Å². The number of ether oxygens (including phenoxy) is 1. The number of hydrogen-bond donors (Lipinski definition) is 0. The standard InChI is InChI=1S/C15H17BrClN3O2/c16-13-10-12(17)2-3-14(13)22-11-15(21)20-8-6-19(7-9-20)5-1-4-18/h2-3,10H,1,5-9,11H2. The Kier molecular flexibility index (Phi) is 6.49. The van der Waals surface area contributed by atoms with Crippen LogP contribution in [0, 0.1) is 11.3 Å². The fraction of sp³-hybridized carbons (Fsp3) is 0.467. The predicted molar refractivity (Wildman–Crippen MR) is 87.9 cm³/mol. The molecular weight excluding hydrogens is 370 g/mol. The van der Waals surface area contributed by atoms with Gasteiger partial charge in [0.15, 0.2) is 6.61 Å². The van der Waals surface area contributed by atoms with Gasteiger partial charge in [-0.05, 0) is 34.1 Å². The molecule has 7 heteroatoms. The second-order valence-electron chi connectivity index (χ2n) is 4.99. The van der Waals surface area contributed by atoms with E-state index in [1.807, 2.05) is 0 Å². The number of amides is 1. The molecule has 1 amide bonds. The molecule has 0 bridgehead atoms. The molecule has 1 fully saturated rings. The topological polar surface area (TPSA) is 56.6 Å². The first-order valence-electron chi connectivity index (χ1n) is 7.05. The lowest BCUT2D eigenvalue weighted by molar-refractivity contribution is -0.135. The Labute approximate surface area is 143 Å². The molecule has 1 aliphatic heterocycles. The zero-order chi connectivity index (χ0) is 15.9. The van der Waals surface area contributed by atoms with E-state index in [-0.39, 0.29) is 12.5 Å². The highest BCUT2D eigenvalue weighted by Gasteiger charge is 2.21. The molecule has 0 unspecified atom stereocenters. The van der Waals surface area contributed by atoms with E-state index in [9.17, 15) is 4.79 Å². The summed E-state index contributed by atoms with van der Waals surface area (Å²) in [7, 11) is 0. The van der Waals surface area contributed by atoms with Gasteiger partial charge in [-0.3, -0.25) is 9.69 Å². The number of rotatable bonds is 5. The van der Waals surface area contributed by atoms with E-state index >= 15 is 0 Å². The predicted octanol–water partition coefficient (Wildman–Crippen LogP) is 2.54. The average molecular weight is 387 g/mol. The third kappa shape index (κ3) is 4.87. The van der Waals surface area contributed by atoms with Crippen molar-refractivity contribution in [2.75, 3.05) is 39.3 Å². The molecule has 5 nitrogen and oxygen atoms in total. The van der Waals surface area contributed by atoms with Crippen LogP contribution in [0.2, 0.25) is 5.02 Å². The fourth-order valence-corrected chi connectivity index (χ4v) is 3.05. The second-order valence-corrected chi connectivity index (χ2v) is 6.28. The molecule has 0 aliphatic carbocycles. The van der Waals surface area contributed by atoms with Crippen LogP contribution >= 0.6 is 27.5 Å². The van der Waals surface area contributed by atoms with Crippen LogP contribution in [0.3, 0.4) is 0 Å². The normalized spacial score (nSPS) is 15.4. The van der Waals surface area contributed by atoms with Crippen LogP contribution in [-0.2, 0) is 4.79 Å². The van der Waals surface area contributed by atoms with Crippen molar-refractivity contribution in [1.82, 2.24) is 9.80 Å². The minimum Gasteiger partial charge on any atom is -0.483 e. The van der Waals surface area contributed by atoms with Crippen molar-refractivity contribution >= 4 is 33.4 Å². The van der Waals surface area contributed by atoms with Gasteiger partial charge in [-0.25, -0.2) is 0 Å². The van der Waals surface area contributed by atoms with Crippen molar-refractivity contribution in [3.8, 4) is 11.8 Å². The molecule has 0 saturated carbocycles. The van der Waals surface area contributed by atoms with Gasteiger partial charge in [0.1, 0.15) is 5.75 Å². The van der Waals surface area contributed by atoms with Crippen molar-refractivity contribution in [3.05, 3.63) is 27.7 Å². The van der Waals surface area contributed by atoms with E-state index in [0.717, 1.165) is 24.1 Å². The van der Waals surface area contributed by atoms with Crippen LogP contribution in [0.15, 0.2) is 22.7 Å². The van der Waals surface area contributed by atoms with Gasteiger partial charge in [-0.2, -0.15) is 5.26 Å². The van der Waals surface area contributed by atoms with Gasteiger partial charge in [-0.15, -0.1) is 0 Å². The van der Waals surface area contributed by atoms with E-state index in [2.05, 4.69) is 26.9 Å². The number of carbonyl (C=O) groups excluding carboxylic acids is 1. The van der Waals surface area contributed by atoms with Crippen molar-refractivity contribution in [2.45, 2.75) is 6.42 Å². The summed E-state index contributed by atoms with van der Waals surface area (Å²) in [5, 5.41) is 9.20. The molecule has 0 spiro atoms. The maximum atomic E-state index is 12.2. The summed E-state index contributed by atoms with van der Waals surface area (Å²) >= 11 is 9.22. The van der Waals surface area contributed by atoms with E-state index in [1.165, 1.54) is 0 Å². The molecule has 2 rings (SSSR count). The average Bonchev–Trinajstić information content (AvgIpc) is 2.52. The van der Waals surface area contributed by atoms with Crippen molar-refractivity contribution < 1.29 is 9.53 Å². The lowest BCUT2D eigenvalue weighted by atomic mass is 10.3. The van der Waals surface area contributed by atoms with Gasteiger partial charge < -0.3 is 9.64 Å². The van der Waals surface area contributed by atoms with Crippen molar-refractivity contribution in [1.29, 1.82) is 5.26 Å². The van der Waals surface area contributed by atoms with Crippen LogP contribution in [0.1, 0.15) is 6.42 Å². The summed E-state index contributed by atoms with van der Waals surface area (Å²) in [5.41, 5.74) is 0. The van der Waals surface area contributed by atoms with E-state index in [0.29, 0.717) is 30.3 Å². The van der Waals surface area contributed by atoms with Crippen LogP contribution in [0.4, 0.5) is 0 Å². The van der Waals surface area contributed by atoms with Crippen LogP contribution in [-0.4, -0.2) is 55.0 Å². The highest BCUT2D eigenvalue weighted by Crippen LogP contribution is 2.27. The lowest BCUT2D eigenvalue weighted by Crippen LogP contribution is -2.50. The quantitative estimate of drug-likeness (QED) is 0.780. The lowest BCUT2D eigenvalue weighted by Gasteiger charge is -2.34. The molecule has 0 N–H and O–H groups in total. The minimum atomic E-state index is -0.0261. The number of benzene rings is 1. The number of carbonyl (C=O) groups is 1. The van der Waals surface area contributed by atoms with Crippen molar-refractivity contribution in [2.24, 2.45) is 0 Å². The molecule has 22 heavy (non-hydrogen) atoms. The Balaban J connectivity index is 1.78. The third-order valence-corrected chi connectivity index (χ3v) is 4.36. The fourth-order valence-electron chi connectivity index (χ4n) is 2.25. The molecule has 1 aliphatic rings. The highest BCUT2D eigenvalue weighted by atomic mass is 79.9. The Morgan fingerprint density at radius 1 is 1.36 bits per heavy atom. The molecule has 1 aromatic rings. The summed E-state index contributed by atoms with van der Waals surface area (Å²) in [6.45, 7) is 3.74. The third-order valence-electron chi connectivity index (χ3n) is 3.51. The molecule has 1 heterocycles. The Morgan fingerprint density at radius 2 is 2.09 bits per heavy atom. The molecule has 1 aromatic carbocycles. The summed E-state index contributed by atoms with van der Waals surface area (Å²) in [5.74, 6) is 0.576. The van der Waals surface area contributed by atoms with Crippen LogP contribution in [0.5, 0.6) is 5.75 Å².